The number of β-amino-alcohol motifs (C(OH)–C–C–N with tert-alkyl or cyclic N) is 1. The van der Waals surface area contributed by atoms with Gasteiger partial charge in [0, 0.05) is 17.8 Å². The first-order valence-corrected chi connectivity index (χ1v) is 6.91. The smallest absolute Gasteiger partial charge is 0.237 e. The monoisotopic (exact) mass is 244 g/mol. The van der Waals surface area contributed by atoms with E-state index in [0.717, 1.165) is 6.54 Å². The predicted octanol–water partition coefficient (Wildman–Crippen LogP) is 0.111. The zero-order valence-electron chi connectivity index (χ0n) is 9.66. The molecule has 2 aliphatic rings. The lowest BCUT2D eigenvalue weighted by atomic mass is 10.1. The number of carbonyl (C=O) groups excluding carboxylic acids is 1. The third-order valence-electron chi connectivity index (χ3n) is 3.36. The van der Waals surface area contributed by atoms with E-state index in [9.17, 15) is 9.90 Å². The molecule has 1 amide bonds. The zero-order valence-corrected chi connectivity index (χ0v) is 10.5. The number of hydrogen-bond acceptors (Lipinski definition) is 4. The average molecular weight is 244 g/mol. The van der Waals surface area contributed by atoms with Gasteiger partial charge in [0.05, 0.1) is 12.1 Å². The minimum Gasteiger partial charge on any atom is -0.392 e. The summed E-state index contributed by atoms with van der Waals surface area (Å²) in [6.07, 6.45) is 2.60. The molecule has 5 heteroatoms. The number of thioether (sulfide) groups is 1. The molecule has 2 fully saturated rings. The van der Waals surface area contributed by atoms with Crippen LogP contribution in [0.15, 0.2) is 0 Å². The topological polar surface area (TPSA) is 61.4 Å². The maximum absolute atomic E-state index is 11.8. The fraction of sp³-hybridized carbons (Fsp3) is 0.909. The number of nitrogens with one attached hydrogen (secondary N) is 2. The lowest BCUT2D eigenvalue weighted by Gasteiger charge is -2.23. The van der Waals surface area contributed by atoms with Gasteiger partial charge >= 0.3 is 0 Å². The van der Waals surface area contributed by atoms with Crippen LogP contribution in [0.1, 0.15) is 26.2 Å². The molecule has 4 nitrogen and oxygen atoms in total. The third kappa shape index (κ3) is 2.90. The maximum atomic E-state index is 11.8. The van der Waals surface area contributed by atoms with Gasteiger partial charge in [0.1, 0.15) is 0 Å². The second-order valence-electron chi connectivity index (χ2n) is 4.97. The van der Waals surface area contributed by atoms with E-state index in [1.165, 1.54) is 18.6 Å². The van der Waals surface area contributed by atoms with Gasteiger partial charge in [0.15, 0.2) is 0 Å². The SMILES string of the molecule is CC1(CNC(=O)C2CC(O)CN2)CCCS1. The van der Waals surface area contributed by atoms with Crippen LogP contribution in [0, 0.1) is 0 Å². The standard InChI is InChI=1S/C11H20N2O2S/c1-11(3-2-4-16-11)7-13-10(15)9-5-8(14)6-12-9/h8-9,12,14H,2-7H2,1H3,(H,13,15). The molecule has 3 N–H and O–H groups in total. The van der Waals surface area contributed by atoms with Crippen LogP contribution in [0.25, 0.3) is 0 Å². The quantitative estimate of drug-likeness (QED) is 0.659. The van der Waals surface area contributed by atoms with Gasteiger partial charge in [-0.3, -0.25) is 4.79 Å². The first-order chi connectivity index (χ1) is 7.59. The van der Waals surface area contributed by atoms with E-state index in [0.29, 0.717) is 13.0 Å². The molecular weight excluding hydrogens is 224 g/mol. The average Bonchev–Trinajstić information content (AvgIpc) is 2.85. The van der Waals surface area contributed by atoms with Crippen LogP contribution in [-0.4, -0.2) is 46.7 Å². The fourth-order valence-electron chi connectivity index (χ4n) is 2.29. The molecule has 2 heterocycles. The summed E-state index contributed by atoms with van der Waals surface area (Å²) in [4.78, 5) is 11.8. The lowest BCUT2D eigenvalue weighted by molar-refractivity contribution is -0.123. The third-order valence-corrected chi connectivity index (χ3v) is 4.90. The number of amides is 1. The Balaban J connectivity index is 1.75. The summed E-state index contributed by atoms with van der Waals surface area (Å²) in [6, 6.07) is -0.204. The molecule has 0 aromatic heterocycles. The van der Waals surface area contributed by atoms with Crippen molar-refractivity contribution in [3.63, 3.8) is 0 Å². The summed E-state index contributed by atoms with van der Waals surface area (Å²) >= 11 is 1.95. The van der Waals surface area contributed by atoms with Crippen LogP contribution in [-0.2, 0) is 4.79 Å². The zero-order chi connectivity index (χ0) is 11.6. The van der Waals surface area contributed by atoms with Crippen molar-refractivity contribution >= 4 is 17.7 Å². The molecule has 0 spiro atoms. The van der Waals surface area contributed by atoms with Crippen molar-refractivity contribution in [2.75, 3.05) is 18.8 Å². The van der Waals surface area contributed by atoms with E-state index in [1.807, 2.05) is 11.8 Å². The van der Waals surface area contributed by atoms with Crippen molar-refractivity contribution in [2.45, 2.75) is 43.1 Å². The Morgan fingerprint density at radius 1 is 1.69 bits per heavy atom. The summed E-state index contributed by atoms with van der Waals surface area (Å²) < 4.78 is 0.215. The van der Waals surface area contributed by atoms with Gasteiger partial charge in [-0.15, -0.1) is 0 Å². The molecule has 16 heavy (non-hydrogen) atoms. The van der Waals surface area contributed by atoms with Crippen molar-refractivity contribution in [2.24, 2.45) is 0 Å². The van der Waals surface area contributed by atoms with Crippen molar-refractivity contribution in [3.8, 4) is 0 Å². The molecule has 0 radical (unpaired) electrons. The molecule has 0 aliphatic carbocycles. The van der Waals surface area contributed by atoms with Gasteiger partial charge in [-0.05, 0) is 31.9 Å². The summed E-state index contributed by atoms with van der Waals surface area (Å²) in [5.41, 5.74) is 0. The van der Waals surface area contributed by atoms with E-state index in [1.54, 1.807) is 0 Å². The maximum Gasteiger partial charge on any atom is 0.237 e. The molecule has 2 rings (SSSR count). The number of aliphatic hydroxyl groups excluding tert-OH is 1. The second kappa shape index (κ2) is 4.94. The van der Waals surface area contributed by atoms with Crippen molar-refractivity contribution in [3.05, 3.63) is 0 Å². The van der Waals surface area contributed by atoms with E-state index in [4.69, 9.17) is 0 Å². The van der Waals surface area contributed by atoms with Crippen LogP contribution in [0.3, 0.4) is 0 Å². The number of carbonyl (C=O) groups is 1. The summed E-state index contributed by atoms with van der Waals surface area (Å²) in [7, 11) is 0. The van der Waals surface area contributed by atoms with Crippen LogP contribution in [0.4, 0.5) is 0 Å². The Morgan fingerprint density at radius 3 is 3.06 bits per heavy atom. The highest BCUT2D eigenvalue weighted by molar-refractivity contribution is 8.00. The molecule has 0 aromatic rings. The minimum atomic E-state index is -0.368. The van der Waals surface area contributed by atoms with Gasteiger partial charge in [-0.2, -0.15) is 11.8 Å². The largest absolute Gasteiger partial charge is 0.392 e. The van der Waals surface area contributed by atoms with Gasteiger partial charge < -0.3 is 15.7 Å². The van der Waals surface area contributed by atoms with Crippen LogP contribution in [0.2, 0.25) is 0 Å². The molecule has 2 aliphatic heterocycles. The number of aliphatic hydroxyl groups is 1. The second-order valence-corrected chi connectivity index (χ2v) is 6.65. The first kappa shape index (κ1) is 12.2. The van der Waals surface area contributed by atoms with Gasteiger partial charge in [-0.25, -0.2) is 0 Å². The Hall–Kier alpha value is -0.260. The number of rotatable bonds is 3. The van der Waals surface area contributed by atoms with Crippen molar-refractivity contribution < 1.29 is 9.90 Å². The minimum absolute atomic E-state index is 0.0327. The highest BCUT2D eigenvalue weighted by Gasteiger charge is 2.32. The van der Waals surface area contributed by atoms with Crippen molar-refractivity contribution in [1.82, 2.24) is 10.6 Å². The summed E-state index contributed by atoms with van der Waals surface area (Å²) in [6.45, 7) is 3.48. The first-order valence-electron chi connectivity index (χ1n) is 5.92. The van der Waals surface area contributed by atoms with E-state index < -0.39 is 0 Å². The predicted molar refractivity (Wildman–Crippen MR) is 65.5 cm³/mol. The molecule has 3 atom stereocenters. The van der Waals surface area contributed by atoms with Crippen LogP contribution in [0.5, 0.6) is 0 Å². The highest BCUT2D eigenvalue weighted by atomic mass is 32.2. The van der Waals surface area contributed by atoms with Crippen LogP contribution < -0.4 is 10.6 Å². The molecule has 0 bridgehead atoms. The Bertz CT molecular complexity index is 267. The molecule has 3 unspecified atom stereocenters. The highest BCUT2D eigenvalue weighted by Crippen LogP contribution is 2.36. The molecule has 0 saturated carbocycles. The molecule has 2 saturated heterocycles. The Kier molecular flexibility index (Phi) is 3.77. The molecule has 0 aromatic carbocycles. The summed E-state index contributed by atoms with van der Waals surface area (Å²) in [5, 5.41) is 15.4. The fourth-order valence-corrected chi connectivity index (χ4v) is 3.53. The van der Waals surface area contributed by atoms with E-state index >= 15 is 0 Å². The van der Waals surface area contributed by atoms with E-state index in [2.05, 4.69) is 17.6 Å². The number of hydrogen-bond donors (Lipinski definition) is 3. The Labute approximate surface area is 101 Å². The normalized spacial score (nSPS) is 38.9. The van der Waals surface area contributed by atoms with Gasteiger partial charge in [0.2, 0.25) is 5.91 Å². The summed E-state index contributed by atoms with van der Waals surface area (Å²) in [5.74, 6) is 1.23. The lowest BCUT2D eigenvalue weighted by Crippen LogP contribution is -2.45. The molecular formula is C11H20N2O2S. The Morgan fingerprint density at radius 2 is 2.50 bits per heavy atom. The van der Waals surface area contributed by atoms with Crippen molar-refractivity contribution in [1.29, 1.82) is 0 Å². The van der Waals surface area contributed by atoms with Gasteiger partial charge in [0.25, 0.3) is 0 Å². The van der Waals surface area contributed by atoms with Crippen LogP contribution >= 0.6 is 11.8 Å². The van der Waals surface area contributed by atoms with E-state index in [-0.39, 0.29) is 22.8 Å². The van der Waals surface area contributed by atoms with Gasteiger partial charge in [-0.1, -0.05) is 0 Å². The molecule has 92 valence electrons.